The van der Waals surface area contributed by atoms with Crippen LogP contribution in [0.4, 0.5) is 5.69 Å². The van der Waals surface area contributed by atoms with Crippen LogP contribution < -0.4 is 10.1 Å². The Labute approximate surface area is 171 Å². The number of ether oxygens (including phenoxy) is 1. The lowest BCUT2D eigenvalue weighted by Crippen LogP contribution is -2.14. The molecular weight excluding hydrogens is 432 g/mol. The van der Waals surface area contributed by atoms with Crippen LogP contribution in [-0.2, 0) is 0 Å². The smallest absolute Gasteiger partial charge is 0.256 e. The molecule has 0 fully saturated rings. The normalized spacial score (nSPS) is 11.2. The fraction of sp³-hybridized carbons (Fsp3) is 0.316. The lowest BCUT2D eigenvalue weighted by molar-refractivity contribution is 0.102. The first-order valence-electron chi connectivity index (χ1n) is 8.59. The first-order chi connectivity index (χ1) is 12.8. The van der Waals surface area contributed by atoms with Crippen LogP contribution >= 0.6 is 27.5 Å². The second-order valence-electron chi connectivity index (χ2n) is 6.38. The highest BCUT2D eigenvalue weighted by atomic mass is 79.9. The van der Waals surface area contributed by atoms with Gasteiger partial charge >= 0.3 is 0 Å². The monoisotopic (exact) mass is 450 g/mol. The lowest BCUT2D eigenvalue weighted by Gasteiger charge is -2.14. The van der Waals surface area contributed by atoms with E-state index in [2.05, 4.69) is 31.3 Å². The number of hydrogen-bond acceptors (Lipinski definition) is 4. The minimum atomic E-state index is -0.274. The fourth-order valence-electron chi connectivity index (χ4n) is 2.84. The molecule has 1 aromatic carbocycles. The van der Waals surface area contributed by atoms with Gasteiger partial charge in [-0.2, -0.15) is 5.10 Å². The maximum Gasteiger partial charge on any atom is 0.256 e. The Balaban J connectivity index is 2.05. The van der Waals surface area contributed by atoms with Crippen molar-refractivity contribution in [2.75, 3.05) is 11.9 Å². The minimum absolute atomic E-state index is 0.140. The number of hydrogen-bond donors (Lipinski definition) is 1. The molecule has 6 nitrogen and oxygen atoms in total. The van der Waals surface area contributed by atoms with E-state index in [9.17, 15) is 4.79 Å². The number of aromatic nitrogens is 3. The molecule has 3 aromatic rings. The number of nitrogens with one attached hydrogen (secondary N) is 1. The van der Waals surface area contributed by atoms with E-state index in [1.165, 1.54) is 0 Å². The van der Waals surface area contributed by atoms with Crippen LogP contribution in [-0.4, -0.2) is 27.3 Å². The zero-order valence-electron chi connectivity index (χ0n) is 15.5. The molecule has 0 radical (unpaired) electrons. The molecule has 0 atom stereocenters. The minimum Gasteiger partial charge on any atom is -0.491 e. The Hall–Kier alpha value is -2.12. The Morgan fingerprint density at radius 1 is 1.37 bits per heavy atom. The van der Waals surface area contributed by atoms with Gasteiger partial charge in [0.25, 0.3) is 5.91 Å². The quantitative estimate of drug-likeness (QED) is 0.565. The number of amides is 1. The van der Waals surface area contributed by atoms with Gasteiger partial charge in [0.15, 0.2) is 11.4 Å². The second kappa shape index (κ2) is 7.86. The number of aryl methyl sites for hydroxylation is 1. The fourth-order valence-corrected chi connectivity index (χ4v) is 3.77. The van der Waals surface area contributed by atoms with Gasteiger partial charge in [0, 0.05) is 16.8 Å². The summed E-state index contributed by atoms with van der Waals surface area (Å²) in [5.74, 6) is 0.263. The highest BCUT2D eigenvalue weighted by molar-refractivity contribution is 9.10. The zero-order chi connectivity index (χ0) is 19.7. The summed E-state index contributed by atoms with van der Waals surface area (Å²) in [5.41, 5.74) is 2.43. The zero-order valence-corrected chi connectivity index (χ0v) is 17.8. The van der Waals surface area contributed by atoms with Crippen LogP contribution in [0.1, 0.15) is 42.9 Å². The highest BCUT2D eigenvalue weighted by Gasteiger charge is 2.19. The second-order valence-corrected chi connectivity index (χ2v) is 7.67. The summed E-state index contributed by atoms with van der Waals surface area (Å²) in [7, 11) is 0. The first-order valence-corrected chi connectivity index (χ1v) is 9.77. The van der Waals surface area contributed by atoms with E-state index in [0.29, 0.717) is 44.1 Å². The van der Waals surface area contributed by atoms with Gasteiger partial charge < -0.3 is 10.1 Å². The average Bonchev–Trinajstić information content (AvgIpc) is 3.00. The Morgan fingerprint density at radius 3 is 2.78 bits per heavy atom. The lowest BCUT2D eigenvalue weighted by atomic mass is 10.1. The van der Waals surface area contributed by atoms with Crippen LogP contribution in [0.3, 0.4) is 0 Å². The molecule has 0 unspecified atom stereocenters. The molecular formula is C19H20BrClN4O2. The van der Waals surface area contributed by atoms with Crippen molar-refractivity contribution in [1.29, 1.82) is 0 Å². The molecule has 0 saturated carbocycles. The molecule has 1 N–H and O–H groups in total. The molecule has 142 valence electrons. The number of carbonyl (C=O) groups excluding carboxylic acids is 1. The Morgan fingerprint density at radius 2 is 2.11 bits per heavy atom. The topological polar surface area (TPSA) is 69.0 Å². The number of halogens is 2. The molecule has 2 aromatic heterocycles. The summed E-state index contributed by atoms with van der Waals surface area (Å²) in [6.45, 7) is 8.24. The molecule has 3 rings (SSSR count). The third-order valence-electron chi connectivity index (χ3n) is 3.97. The molecule has 0 saturated heterocycles. The SMILES string of the molecule is CCOc1c(Br)cc(Cl)cc1NC(=O)c1cc(C)nc2c1cnn2C(C)C. The summed E-state index contributed by atoms with van der Waals surface area (Å²) in [6.07, 6.45) is 1.67. The maximum atomic E-state index is 13.0. The van der Waals surface area contributed by atoms with Crippen LogP contribution in [0.5, 0.6) is 5.75 Å². The van der Waals surface area contributed by atoms with E-state index in [1.54, 1.807) is 29.1 Å². The predicted octanol–water partition coefficient (Wildman–Crippen LogP) is 5.39. The van der Waals surface area contributed by atoms with Crippen molar-refractivity contribution in [1.82, 2.24) is 14.8 Å². The van der Waals surface area contributed by atoms with Gasteiger partial charge in [-0.1, -0.05) is 11.6 Å². The summed E-state index contributed by atoms with van der Waals surface area (Å²) in [6, 6.07) is 5.28. The van der Waals surface area contributed by atoms with Crippen molar-refractivity contribution < 1.29 is 9.53 Å². The van der Waals surface area contributed by atoms with Crippen molar-refractivity contribution in [2.45, 2.75) is 33.7 Å². The number of pyridine rings is 1. The van der Waals surface area contributed by atoms with E-state index in [1.807, 2.05) is 27.7 Å². The summed E-state index contributed by atoms with van der Waals surface area (Å²) < 4.78 is 8.14. The molecule has 0 aliphatic rings. The van der Waals surface area contributed by atoms with Crippen molar-refractivity contribution in [3.05, 3.63) is 45.1 Å². The summed E-state index contributed by atoms with van der Waals surface area (Å²) in [5, 5.41) is 8.48. The summed E-state index contributed by atoms with van der Waals surface area (Å²) in [4.78, 5) is 17.6. The van der Waals surface area contributed by atoms with Gasteiger partial charge in [0.2, 0.25) is 0 Å². The van der Waals surface area contributed by atoms with E-state index in [0.717, 1.165) is 5.69 Å². The largest absolute Gasteiger partial charge is 0.491 e. The molecule has 27 heavy (non-hydrogen) atoms. The molecule has 1 amide bonds. The van der Waals surface area contributed by atoms with Crippen molar-refractivity contribution in [2.24, 2.45) is 0 Å². The van der Waals surface area contributed by atoms with E-state index >= 15 is 0 Å². The highest BCUT2D eigenvalue weighted by Crippen LogP contribution is 2.37. The van der Waals surface area contributed by atoms with Crippen LogP contribution in [0.25, 0.3) is 11.0 Å². The molecule has 0 aliphatic carbocycles. The van der Waals surface area contributed by atoms with Crippen molar-refractivity contribution >= 4 is 50.2 Å². The maximum absolute atomic E-state index is 13.0. The third-order valence-corrected chi connectivity index (χ3v) is 4.78. The Kier molecular flexibility index (Phi) is 5.72. The van der Waals surface area contributed by atoms with E-state index in [4.69, 9.17) is 16.3 Å². The first kappa shape index (κ1) is 19.6. The predicted molar refractivity (Wildman–Crippen MR) is 111 cm³/mol. The number of rotatable bonds is 5. The van der Waals surface area contributed by atoms with Gasteiger partial charge in [0.05, 0.1) is 33.9 Å². The van der Waals surface area contributed by atoms with Gasteiger partial charge in [-0.25, -0.2) is 9.67 Å². The standard InChI is InChI=1S/C19H20BrClN4O2/c1-5-27-17-15(20)7-12(21)8-16(17)24-19(26)13-6-11(4)23-18-14(13)9-22-25(18)10(2)3/h6-10H,5H2,1-4H3,(H,24,26). The third kappa shape index (κ3) is 3.94. The molecule has 0 aliphatic heterocycles. The van der Waals surface area contributed by atoms with Crippen LogP contribution in [0.15, 0.2) is 28.9 Å². The number of benzene rings is 1. The summed E-state index contributed by atoms with van der Waals surface area (Å²) >= 11 is 9.58. The molecule has 0 bridgehead atoms. The van der Waals surface area contributed by atoms with Crippen molar-refractivity contribution in [3.63, 3.8) is 0 Å². The van der Waals surface area contributed by atoms with Crippen molar-refractivity contribution in [3.8, 4) is 5.75 Å². The molecule has 0 spiro atoms. The number of anilines is 1. The van der Waals surface area contributed by atoms with Gasteiger partial charge in [-0.05, 0) is 61.8 Å². The number of carbonyl (C=O) groups is 1. The average molecular weight is 452 g/mol. The molecule has 2 heterocycles. The van der Waals surface area contributed by atoms with Gasteiger partial charge in [0.1, 0.15) is 0 Å². The van der Waals surface area contributed by atoms with Crippen LogP contribution in [0.2, 0.25) is 5.02 Å². The number of fused-ring (bicyclic) bond motifs is 1. The van der Waals surface area contributed by atoms with Crippen LogP contribution in [0, 0.1) is 6.92 Å². The molecule has 8 heteroatoms. The van der Waals surface area contributed by atoms with E-state index < -0.39 is 0 Å². The number of nitrogens with zero attached hydrogens (tertiary/aromatic N) is 3. The van der Waals surface area contributed by atoms with Gasteiger partial charge in [-0.15, -0.1) is 0 Å². The van der Waals surface area contributed by atoms with Gasteiger partial charge in [-0.3, -0.25) is 4.79 Å². The Bertz CT molecular complexity index is 1020. The van der Waals surface area contributed by atoms with E-state index in [-0.39, 0.29) is 11.9 Å².